The number of hydrogen-bond acceptors (Lipinski definition) is 2. The van der Waals surface area contributed by atoms with Gasteiger partial charge in [0.2, 0.25) is 6.43 Å². The molecule has 1 aromatic carbocycles. The molecule has 0 bridgehead atoms. The molecule has 0 saturated heterocycles. The summed E-state index contributed by atoms with van der Waals surface area (Å²) in [6, 6.07) is 2.75. The van der Waals surface area contributed by atoms with Gasteiger partial charge in [-0.2, -0.15) is 0 Å². The number of hydrogen-bond donors (Lipinski definition) is 2. The van der Waals surface area contributed by atoms with Crippen LogP contribution >= 0.6 is 11.6 Å². The second kappa shape index (κ2) is 6.47. The molecule has 104 valence electrons. The fourth-order valence-electron chi connectivity index (χ4n) is 1.38. The number of aryl methyl sites for hydroxylation is 1. The first-order chi connectivity index (χ1) is 8.81. The molecule has 19 heavy (non-hydrogen) atoms. The lowest BCUT2D eigenvalue weighted by Gasteiger charge is -2.14. The van der Waals surface area contributed by atoms with Crippen molar-refractivity contribution in [3.8, 4) is 0 Å². The Kier molecular flexibility index (Phi) is 5.23. The zero-order valence-corrected chi connectivity index (χ0v) is 10.7. The Morgan fingerprint density at radius 1 is 1.42 bits per heavy atom. The summed E-state index contributed by atoms with van der Waals surface area (Å²) in [5.74, 6) is -2.26. The third kappa shape index (κ3) is 4.48. The van der Waals surface area contributed by atoms with E-state index in [-0.39, 0.29) is 5.56 Å². The summed E-state index contributed by atoms with van der Waals surface area (Å²) < 4.78 is 24.4. The molecule has 1 amide bonds. The third-order valence-electron chi connectivity index (χ3n) is 2.45. The summed E-state index contributed by atoms with van der Waals surface area (Å²) in [4.78, 5) is 22.5. The maximum absolute atomic E-state index is 12.2. The van der Waals surface area contributed by atoms with Crippen LogP contribution in [0.1, 0.15) is 22.3 Å². The van der Waals surface area contributed by atoms with Gasteiger partial charge in [0.15, 0.2) is 0 Å². The SMILES string of the molecule is Cc1ccc(C(=O)NC(CC(F)F)C(=O)O)cc1Cl. The van der Waals surface area contributed by atoms with Crippen molar-refractivity contribution in [2.45, 2.75) is 25.8 Å². The van der Waals surface area contributed by atoms with Crippen LogP contribution in [0.25, 0.3) is 0 Å². The Hall–Kier alpha value is -1.69. The summed E-state index contributed by atoms with van der Waals surface area (Å²) in [5.41, 5.74) is 0.872. The first kappa shape index (κ1) is 15.4. The van der Waals surface area contributed by atoms with Crippen LogP contribution in [0, 0.1) is 6.92 Å². The molecule has 0 heterocycles. The van der Waals surface area contributed by atoms with Gasteiger partial charge in [-0.25, -0.2) is 13.6 Å². The van der Waals surface area contributed by atoms with Gasteiger partial charge in [-0.05, 0) is 24.6 Å². The van der Waals surface area contributed by atoms with Crippen LogP contribution in [0.2, 0.25) is 5.02 Å². The molecule has 0 aliphatic rings. The van der Waals surface area contributed by atoms with E-state index in [1.807, 2.05) is 5.32 Å². The highest BCUT2D eigenvalue weighted by atomic mass is 35.5. The number of alkyl halides is 2. The number of carboxylic acid groups (broad SMARTS) is 1. The van der Waals surface area contributed by atoms with E-state index < -0.39 is 30.8 Å². The molecule has 7 heteroatoms. The standard InChI is InChI=1S/C12H12ClF2NO3/c1-6-2-3-7(4-8(6)13)11(17)16-9(12(18)19)5-10(14)15/h2-4,9-10H,5H2,1H3,(H,16,17)(H,18,19). The zero-order chi connectivity index (χ0) is 14.6. The van der Waals surface area contributed by atoms with Gasteiger partial charge >= 0.3 is 5.97 Å². The zero-order valence-electron chi connectivity index (χ0n) is 9.99. The average molecular weight is 292 g/mol. The number of carbonyl (C=O) groups is 2. The molecule has 0 spiro atoms. The molecule has 1 rings (SSSR count). The van der Waals surface area contributed by atoms with E-state index in [1.54, 1.807) is 13.0 Å². The Labute approximate surface area is 113 Å². The van der Waals surface area contributed by atoms with Gasteiger partial charge in [-0.3, -0.25) is 4.79 Å². The van der Waals surface area contributed by atoms with Crippen molar-refractivity contribution >= 4 is 23.5 Å². The molecular formula is C12H12ClF2NO3. The summed E-state index contributed by atoms with van der Waals surface area (Å²) >= 11 is 5.83. The number of nitrogens with one attached hydrogen (secondary N) is 1. The molecular weight excluding hydrogens is 280 g/mol. The summed E-state index contributed by atoms with van der Waals surface area (Å²) in [6.45, 7) is 1.74. The van der Waals surface area contributed by atoms with Gasteiger partial charge in [-0.1, -0.05) is 17.7 Å². The monoisotopic (exact) mass is 291 g/mol. The Balaban J connectivity index is 2.81. The van der Waals surface area contributed by atoms with Crippen LogP contribution < -0.4 is 5.32 Å². The van der Waals surface area contributed by atoms with Crippen molar-refractivity contribution in [1.29, 1.82) is 0 Å². The second-order valence-corrected chi connectivity index (χ2v) is 4.36. The minimum atomic E-state index is -2.82. The Morgan fingerprint density at radius 3 is 2.53 bits per heavy atom. The normalized spacial score (nSPS) is 12.3. The van der Waals surface area contributed by atoms with E-state index in [0.717, 1.165) is 5.56 Å². The topological polar surface area (TPSA) is 66.4 Å². The minimum absolute atomic E-state index is 0.121. The quantitative estimate of drug-likeness (QED) is 0.876. The van der Waals surface area contributed by atoms with Gasteiger partial charge in [-0.15, -0.1) is 0 Å². The smallest absolute Gasteiger partial charge is 0.326 e. The van der Waals surface area contributed by atoms with Gasteiger partial charge in [0.05, 0.1) is 0 Å². The molecule has 0 saturated carbocycles. The van der Waals surface area contributed by atoms with Gasteiger partial charge < -0.3 is 10.4 Å². The summed E-state index contributed by atoms with van der Waals surface area (Å²) in [6.07, 6.45) is -3.76. The van der Waals surface area contributed by atoms with Crippen molar-refractivity contribution in [2.75, 3.05) is 0 Å². The van der Waals surface area contributed by atoms with Gasteiger partial charge in [0.1, 0.15) is 6.04 Å². The fourth-order valence-corrected chi connectivity index (χ4v) is 1.56. The van der Waals surface area contributed by atoms with Crippen molar-refractivity contribution in [3.63, 3.8) is 0 Å². The lowest BCUT2D eigenvalue weighted by atomic mass is 10.1. The highest BCUT2D eigenvalue weighted by molar-refractivity contribution is 6.31. The van der Waals surface area contributed by atoms with Gasteiger partial charge in [0, 0.05) is 17.0 Å². The molecule has 0 aromatic heterocycles. The Bertz CT molecular complexity index is 494. The van der Waals surface area contributed by atoms with E-state index >= 15 is 0 Å². The number of carboxylic acids is 1. The second-order valence-electron chi connectivity index (χ2n) is 3.96. The van der Waals surface area contributed by atoms with E-state index in [1.165, 1.54) is 12.1 Å². The minimum Gasteiger partial charge on any atom is -0.480 e. The largest absolute Gasteiger partial charge is 0.480 e. The van der Waals surface area contributed by atoms with Crippen molar-refractivity contribution in [3.05, 3.63) is 34.3 Å². The predicted octanol–water partition coefficient (Wildman–Crippen LogP) is 2.49. The predicted molar refractivity (Wildman–Crippen MR) is 65.7 cm³/mol. The number of rotatable bonds is 5. The molecule has 0 aliphatic heterocycles. The van der Waals surface area contributed by atoms with Crippen LogP contribution in [0.5, 0.6) is 0 Å². The van der Waals surface area contributed by atoms with E-state index in [2.05, 4.69) is 0 Å². The lowest BCUT2D eigenvalue weighted by molar-refractivity contribution is -0.140. The lowest BCUT2D eigenvalue weighted by Crippen LogP contribution is -2.42. The first-order valence-electron chi connectivity index (χ1n) is 5.39. The molecule has 0 aliphatic carbocycles. The van der Waals surface area contributed by atoms with Crippen molar-refractivity contribution in [1.82, 2.24) is 5.32 Å². The van der Waals surface area contributed by atoms with Crippen molar-refractivity contribution < 1.29 is 23.5 Å². The van der Waals surface area contributed by atoms with Gasteiger partial charge in [0.25, 0.3) is 5.91 Å². The highest BCUT2D eigenvalue weighted by Crippen LogP contribution is 2.17. The summed E-state index contributed by atoms with van der Waals surface area (Å²) in [5, 5.41) is 11.1. The molecule has 0 radical (unpaired) electrons. The van der Waals surface area contributed by atoms with Crippen LogP contribution in [0.4, 0.5) is 8.78 Å². The maximum Gasteiger partial charge on any atom is 0.326 e. The number of benzene rings is 1. The molecule has 4 nitrogen and oxygen atoms in total. The number of halogens is 3. The van der Waals surface area contributed by atoms with Crippen LogP contribution in [0.15, 0.2) is 18.2 Å². The molecule has 1 aromatic rings. The van der Waals surface area contributed by atoms with Crippen LogP contribution in [-0.2, 0) is 4.79 Å². The number of aliphatic carboxylic acids is 1. The summed E-state index contributed by atoms with van der Waals surface area (Å²) in [7, 11) is 0. The van der Waals surface area contributed by atoms with E-state index in [0.29, 0.717) is 5.02 Å². The van der Waals surface area contributed by atoms with E-state index in [9.17, 15) is 18.4 Å². The molecule has 1 unspecified atom stereocenters. The average Bonchev–Trinajstić information content (AvgIpc) is 2.31. The maximum atomic E-state index is 12.2. The fraction of sp³-hybridized carbons (Fsp3) is 0.333. The van der Waals surface area contributed by atoms with Crippen molar-refractivity contribution in [2.24, 2.45) is 0 Å². The third-order valence-corrected chi connectivity index (χ3v) is 2.86. The molecule has 2 N–H and O–H groups in total. The molecule has 1 atom stereocenters. The van der Waals surface area contributed by atoms with E-state index in [4.69, 9.17) is 16.7 Å². The number of amides is 1. The Morgan fingerprint density at radius 2 is 2.05 bits per heavy atom. The number of carbonyl (C=O) groups excluding carboxylic acids is 1. The van der Waals surface area contributed by atoms with Crippen LogP contribution in [0.3, 0.4) is 0 Å². The first-order valence-corrected chi connectivity index (χ1v) is 5.77. The highest BCUT2D eigenvalue weighted by Gasteiger charge is 2.24. The molecule has 0 fully saturated rings. The van der Waals surface area contributed by atoms with Crippen LogP contribution in [-0.4, -0.2) is 29.5 Å².